The van der Waals surface area contributed by atoms with Crippen molar-refractivity contribution in [2.45, 2.75) is 26.4 Å². The van der Waals surface area contributed by atoms with Crippen molar-refractivity contribution in [3.05, 3.63) is 59.7 Å². The van der Waals surface area contributed by atoms with E-state index in [9.17, 15) is 4.79 Å². The summed E-state index contributed by atoms with van der Waals surface area (Å²) in [4.78, 5) is 13.4. The van der Waals surface area contributed by atoms with Crippen LogP contribution < -0.4 is 5.73 Å². The van der Waals surface area contributed by atoms with Gasteiger partial charge in [-0.25, -0.2) is 0 Å². The van der Waals surface area contributed by atoms with E-state index >= 15 is 0 Å². The summed E-state index contributed by atoms with van der Waals surface area (Å²) in [6.07, 6.45) is 2.57. The number of amides is 1. The smallest absolute Gasteiger partial charge is 0.283 e. The summed E-state index contributed by atoms with van der Waals surface area (Å²) in [5, 5.41) is 8.12. The van der Waals surface area contributed by atoms with Gasteiger partial charge in [-0.2, -0.15) is 0 Å². The van der Waals surface area contributed by atoms with Crippen LogP contribution in [-0.4, -0.2) is 27.5 Å². The minimum atomic E-state index is -0.423. The number of primary amides is 1. The number of hydrogen-bond acceptors (Lipinski definition) is 6. The number of nitrogens with two attached hydrogens (primary N) is 1. The molecule has 0 atom stereocenters. The average molecular weight is 340 g/mol. The van der Waals surface area contributed by atoms with Crippen molar-refractivity contribution in [1.82, 2.24) is 15.1 Å². The third-order valence-electron chi connectivity index (χ3n) is 3.74. The Kier molecular flexibility index (Phi) is 5.25. The maximum Gasteiger partial charge on any atom is 0.283 e. The summed E-state index contributed by atoms with van der Waals surface area (Å²) >= 11 is 0. The van der Waals surface area contributed by atoms with E-state index in [-0.39, 0.29) is 0 Å². The Bertz CT molecular complexity index is 809. The first-order chi connectivity index (χ1) is 12.2. The first kappa shape index (κ1) is 16.9. The molecule has 0 bridgehead atoms. The van der Waals surface area contributed by atoms with E-state index in [1.54, 1.807) is 30.5 Å². The maximum atomic E-state index is 11.2. The Morgan fingerprint density at radius 1 is 1.16 bits per heavy atom. The highest BCUT2D eigenvalue weighted by molar-refractivity contribution is 5.92. The topological polar surface area (TPSA) is 98.4 Å². The molecule has 0 fully saturated rings. The fourth-order valence-electron chi connectivity index (χ4n) is 2.57. The second-order valence-electron chi connectivity index (χ2n) is 5.75. The van der Waals surface area contributed by atoms with Gasteiger partial charge in [0.1, 0.15) is 0 Å². The van der Waals surface area contributed by atoms with Crippen LogP contribution in [0.25, 0.3) is 11.7 Å². The standard InChI is InChI=1S/C18H20N4O3/c1-2-9-22(11-13-5-7-14(8-6-13)17(19)23)12-16-20-21-18(25-16)15-4-3-10-24-15/h3-8,10H,2,9,11-12H2,1H3,(H2,19,23). The minimum absolute atomic E-state index is 0.377. The summed E-state index contributed by atoms with van der Waals surface area (Å²) < 4.78 is 10.9. The summed E-state index contributed by atoms with van der Waals surface area (Å²) in [6, 6.07) is 10.8. The van der Waals surface area contributed by atoms with Crippen LogP contribution >= 0.6 is 0 Å². The largest absolute Gasteiger partial charge is 0.459 e. The van der Waals surface area contributed by atoms with Crippen LogP contribution in [0.4, 0.5) is 0 Å². The molecule has 1 aromatic carbocycles. The van der Waals surface area contributed by atoms with Gasteiger partial charge in [-0.05, 0) is 42.8 Å². The van der Waals surface area contributed by atoms with E-state index < -0.39 is 5.91 Å². The first-order valence-corrected chi connectivity index (χ1v) is 8.13. The molecule has 2 aromatic heterocycles. The molecule has 0 unspecified atom stereocenters. The molecule has 3 aromatic rings. The van der Waals surface area contributed by atoms with Gasteiger partial charge < -0.3 is 14.6 Å². The number of furan rings is 1. The highest BCUT2D eigenvalue weighted by atomic mass is 16.4. The van der Waals surface area contributed by atoms with Crippen LogP contribution in [0.1, 0.15) is 35.2 Å². The Morgan fingerprint density at radius 3 is 2.60 bits per heavy atom. The lowest BCUT2D eigenvalue weighted by molar-refractivity contribution is 0.100. The third kappa shape index (κ3) is 4.33. The number of hydrogen-bond donors (Lipinski definition) is 1. The fourth-order valence-corrected chi connectivity index (χ4v) is 2.57. The van der Waals surface area contributed by atoms with Crippen LogP contribution in [0, 0.1) is 0 Å². The van der Waals surface area contributed by atoms with Gasteiger partial charge in [0.25, 0.3) is 5.89 Å². The molecule has 1 amide bonds. The monoisotopic (exact) mass is 340 g/mol. The quantitative estimate of drug-likeness (QED) is 0.677. The molecular weight excluding hydrogens is 320 g/mol. The molecule has 0 aliphatic heterocycles. The molecular formula is C18H20N4O3. The van der Waals surface area contributed by atoms with E-state index in [2.05, 4.69) is 22.0 Å². The molecule has 130 valence electrons. The lowest BCUT2D eigenvalue weighted by Crippen LogP contribution is -2.24. The van der Waals surface area contributed by atoms with Gasteiger partial charge in [0, 0.05) is 12.1 Å². The molecule has 7 heteroatoms. The molecule has 25 heavy (non-hydrogen) atoms. The molecule has 2 heterocycles. The predicted molar refractivity (Wildman–Crippen MR) is 91.4 cm³/mol. The Morgan fingerprint density at radius 2 is 1.96 bits per heavy atom. The number of aromatic nitrogens is 2. The van der Waals surface area contributed by atoms with Crippen molar-refractivity contribution in [3.8, 4) is 11.7 Å². The molecule has 0 saturated heterocycles. The Hall–Kier alpha value is -2.93. The summed E-state index contributed by atoms with van der Waals surface area (Å²) in [5.41, 5.74) is 6.87. The van der Waals surface area contributed by atoms with Crippen molar-refractivity contribution in [2.24, 2.45) is 5.73 Å². The van der Waals surface area contributed by atoms with E-state index in [0.29, 0.717) is 36.2 Å². The van der Waals surface area contributed by atoms with Gasteiger partial charge in [-0.15, -0.1) is 10.2 Å². The lowest BCUT2D eigenvalue weighted by atomic mass is 10.1. The molecule has 7 nitrogen and oxygen atoms in total. The number of carbonyl (C=O) groups is 1. The molecule has 0 aliphatic carbocycles. The highest BCUT2D eigenvalue weighted by Gasteiger charge is 2.14. The van der Waals surface area contributed by atoms with Crippen LogP contribution in [0.2, 0.25) is 0 Å². The number of nitrogens with zero attached hydrogens (tertiary/aromatic N) is 3. The molecule has 0 aliphatic rings. The van der Waals surface area contributed by atoms with E-state index in [0.717, 1.165) is 18.5 Å². The summed E-state index contributed by atoms with van der Waals surface area (Å²) in [7, 11) is 0. The van der Waals surface area contributed by atoms with Gasteiger partial charge in [-0.3, -0.25) is 9.69 Å². The van der Waals surface area contributed by atoms with Gasteiger partial charge in [0.05, 0.1) is 12.8 Å². The Labute approximate surface area is 145 Å². The number of carbonyl (C=O) groups excluding carboxylic acids is 1. The first-order valence-electron chi connectivity index (χ1n) is 8.13. The molecule has 0 saturated carbocycles. The van der Waals surface area contributed by atoms with Crippen LogP contribution in [0.3, 0.4) is 0 Å². The number of rotatable bonds is 8. The third-order valence-corrected chi connectivity index (χ3v) is 3.74. The van der Waals surface area contributed by atoms with E-state index in [4.69, 9.17) is 14.6 Å². The van der Waals surface area contributed by atoms with Crippen molar-refractivity contribution in [2.75, 3.05) is 6.54 Å². The zero-order valence-electron chi connectivity index (χ0n) is 14.0. The van der Waals surface area contributed by atoms with Crippen LogP contribution in [-0.2, 0) is 13.1 Å². The van der Waals surface area contributed by atoms with Gasteiger partial charge in [0.2, 0.25) is 11.8 Å². The predicted octanol–water partition coefficient (Wildman–Crippen LogP) is 2.84. The summed E-state index contributed by atoms with van der Waals surface area (Å²) in [6.45, 7) is 4.26. The Balaban J connectivity index is 1.67. The van der Waals surface area contributed by atoms with Crippen molar-refractivity contribution < 1.29 is 13.6 Å². The van der Waals surface area contributed by atoms with E-state index in [1.807, 2.05) is 12.1 Å². The maximum absolute atomic E-state index is 11.2. The summed E-state index contributed by atoms with van der Waals surface area (Å²) in [5.74, 6) is 1.05. The second kappa shape index (κ2) is 7.76. The zero-order valence-corrected chi connectivity index (χ0v) is 14.0. The van der Waals surface area contributed by atoms with Crippen LogP contribution in [0.5, 0.6) is 0 Å². The molecule has 0 spiro atoms. The van der Waals surface area contributed by atoms with E-state index in [1.165, 1.54) is 0 Å². The normalized spacial score (nSPS) is 11.1. The van der Waals surface area contributed by atoms with Crippen LogP contribution in [0.15, 0.2) is 51.5 Å². The fraction of sp³-hybridized carbons (Fsp3) is 0.278. The highest BCUT2D eigenvalue weighted by Crippen LogP contribution is 2.19. The minimum Gasteiger partial charge on any atom is -0.459 e. The van der Waals surface area contributed by atoms with Gasteiger partial charge in [-0.1, -0.05) is 19.1 Å². The van der Waals surface area contributed by atoms with Gasteiger partial charge in [0.15, 0.2) is 5.76 Å². The van der Waals surface area contributed by atoms with Crippen molar-refractivity contribution >= 4 is 5.91 Å². The average Bonchev–Trinajstić information content (AvgIpc) is 3.26. The SMILES string of the molecule is CCCN(Cc1ccc(C(N)=O)cc1)Cc1nnc(-c2ccco2)o1. The lowest BCUT2D eigenvalue weighted by Gasteiger charge is -2.19. The van der Waals surface area contributed by atoms with Crippen molar-refractivity contribution in [3.63, 3.8) is 0 Å². The molecule has 0 radical (unpaired) electrons. The number of benzene rings is 1. The van der Waals surface area contributed by atoms with Crippen molar-refractivity contribution in [1.29, 1.82) is 0 Å². The molecule has 3 rings (SSSR count). The molecule has 2 N–H and O–H groups in total. The van der Waals surface area contributed by atoms with Gasteiger partial charge >= 0.3 is 0 Å². The second-order valence-corrected chi connectivity index (χ2v) is 5.75. The zero-order chi connectivity index (χ0) is 17.6.